The number of hydrogen-bond acceptors (Lipinski definition) is 5. The molecule has 2 rings (SSSR count). The molecule has 4 nitrogen and oxygen atoms in total. The van der Waals surface area contributed by atoms with Crippen LogP contribution >= 0.6 is 23.5 Å². The normalized spacial score (nSPS) is 14.6. The molecule has 1 aromatic carbocycles. The molecule has 1 fully saturated rings. The fourth-order valence-corrected chi connectivity index (χ4v) is 2.40. The molecule has 0 amide bonds. The van der Waals surface area contributed by atoms with E-state index in [1.54, 1.807) is 6.07 Å². The predicted molar refractivity (Wildman–Crippen MR) is 87.5 cm³/mol. The maximum atomic E-state index is 7.44. The molecule has 19 heavy (non-hydrogen) atoms. The predicted octanol–water partition coefficient (Wildman–Crippen LogP) is 3.13. The van der Waals surface area contributed by atoms with Crippen LogP contribution < -0.4 is 15.8 Å². The largest absolute Gasteiger partial charge is 0.398 e. The van der Waals surface area contributed by atoms with Gasteiger partial charge < -0.3 is 16.0 Å². The first-order valence-electron chi connectivity index (χ1n) is 6.21. The molecular formula is C13H21ClN4S. The molecule has 5 N–H and O–H groups in total. The van der Waals surface area contributed by atoms with Crippen molar-refractivity contribution in [1.29, 1.82) is 5.41 Å². The number of rotatable bonds is 2. The molecule has 1 heterocycles. The zero-order valence-corrected chi connectivity index (χ0v) is 12.7. The Hall–Kier alpha value is -0.910. The number of nitrogens with one attached hydrogen (secondary N) is 1. The van der Waals surface area contributed by atoms with Gasteiger partial charge in [-0.3, -0.25) is 5.14 Å². The summed E-state index contributed by atoms with van der Waals surface area (Å²) in [6.45, 7) is 2.06. The number of nitrogens with zero attached hydrogens (tertiary/aromatic N) is 1. The molecule has 0 unspecified atom stereocenters. The van der Waals surface area contributed by atoms with Gasteiger partial charge in [-0.15, -0.1) is 0 Å². The molecule has 1 aromatic rings. The number of benzene rings is 1. The summed E-state index contributed by atoms with van der Waals surface area (Å²) in [5, 5.41) is 12.8. The molecular weight excluding hydrogens is 280 g/mol. The number of nitrogens with two attached hydrogens (primary N) is 2. The minimum atomic E-state index is 0.586. The first-order valence-corrected chi connectivity index (χ1v) is 7.88. The maximum Gasteiger partial charge on any atom is 0.0491 e. The summed E-state index contributed by atoms with van der Waals surface area (Å²) in [5.74, 6) is 0. The highest BCUT2D eigenvalue weighted by Crippen LogP contribution is 2.30. The van der Waals surface area contributed by atoms with Crippen LogP contribution in [0.2, 0.25) is 5.02 Å². The lowest BCUT2D eigenvalue weighted by molar-refractivity contribution is 0.578. The Bertz CT molecular complexity index is 419. The van der Waals surface area contributed by atoms with Crippen molar-refractivity contribution in [3.8, 4) is 0 Å². The van der Waals surface area contributed by atoms with Gasteiger partial charge in [0.2, 0.25) is 0 Å². The highest BCUT2D eigenvalue weighted by molar-refractivity contribution is 7.96. The van der Waals surface area contributed by atoms with E-state index in [0.29, 0.717) is 10.7 Å². The summed E-state index contributed by atoms with van der Waals surface area (Å²) in [4.78, 5) is 2.27. The van der Waals surface area contributed by atoms with Crippen molar-refractivity contribution >= 4 is 41.1 Å². The van der Waals surface area contributed by atoms with Gasteiger partial charge in [0.15, 0.2) is 0 Å². The number of anilines is 2. The van der Waals surface area contributed by atoms with Crippen LogP contribution in [-0.4, -0.2) is 25.6 Å². The smallest absolute Gasteiger partial charge is 0.0491 e. The molecule has 0 saturated carbocycles. The fraction of sp³-hybridized carbons (Fsp3) is 0.462. The molecule has 6 heteroatoms. The van der Waals surface area contributed by atoms with Crippen LogP contribution in [0.4, 0.5) is 11.4 Å². The molecule has 1 aliphatic heterocycles. The Morgan fingerprint density at radius 3 is 2.42 bits per heavy atom. The lowest BCUT2D eigenvalue weighted by Gasteiger charge is -2.30. The lowest BCUT2D eigenvalue weighted by atomic mass is 10.1. The number of hydrogen-bond donors (Lipinski definition) is 3. The quantitative estimate of drug-likeness (QED) is 0.445. The van der Waals surface area contributed by atoms with Crippen molar-refractivity contribution in [2.45, 2.75) is 19.3 Å². The summed E-state index contributed by atoms with van der Waals surface area (Å²) in [5.41, 5.74) is 8.25. The van der Waals surface area contributed by atoms with Crippen molar-refractivity contribution < 1.29 is 0 Å². The van der Waals surface area contributed by atoms with Gasteiger partial charge >= 0.3 is 0 Å². The number of halogens is 1. The average Bonchev–Trinajstić information content (AvgIpc) is 2.40. The monoisotopic (exact) mass is 300 g/mol. The molecule has 0 bridgehead atoms. The van der Waals surface area contributed by atoms with E-state index in [-0.39, 0.29) is 0 Å². The first kappa shape index (κ1) is 16.1. The van der Waals surface area contributed by atoms with E-state index in [1.165, 1.54) is 37.4 Å². The van der Waals surface area contributed by atoms with Crippen LogP contribution in [0.15, 0.2) is 12.1 Å². The van der Waals surface area contributed by atoms with E-state index >= 15 is 0 Å². The summed E-state index contributed by atoms with van der Waals surface area (Å²) in [6, 6.07) is 3.61. The van der Waals surface area contributed by atoms with Crippen LogP contribution in [0.1, 0.15) is 24.8 Å². The Labute approximate surface area is 124 Å². The summed E-state index contributed by atoms with van der Waals surface area (Å²) in [6.07, 6.45) is 6.82. The molecule has 0 radical (unpaired) electrons. The van der Waals surface area contributed by atoms with Gasteiger partial charge in [0.1, 0.15) is 0 Å². The zero-order chi connectivity index (χ0) is 14.3. The van der Waals surface area contributed by atoms with E-state index in [4.69, 9.17) is 27.9 Å². The van der Waals surface area contributed by atoms with Crippen molar-refractivity contribution in [2.75, 3.05) is 30.0 Å². The van der Waals surface area contributed by atoms with Crippen LogP contribution in [-0.2, 0) is 0 Å². The Balaban J connectivity index is 0.000000550. The fourth-order valence-electron chi connectivity index (χ4n) is 2.18. The first-order chi connectivity index (χ1) is 9.13. The van der Waals surface area contributed by atoms with Gasteiger partial charge in [-0.1, -0.05) is 23.5 Å². The molecule has 1 saturated heterocycles. The van der Waals surface area contributed by atoms with Gasteiger partial charge in [0.05, 0.1) is 0 Å². The molecule has 106 valence electrons. The van der Waals surface area contributed by atoms with Crippen molar-refractivity contribution in [2.24, 2.45) is 5.14 Å². The van der Waals surface area contributed by atoms with Gasteiger partial charge in [-0.25, -0.2) is 0 Å². The topological polar surface area (TPSA) is 79.1 Å². The van der Waals surface area contributed by atoms with Gasteiger partial charge in [-0.2, -0.15) is 0 Å². The van der Waals surface area contributed by atoms with E-state index < -0.39 is 0 Å². The third-order valence-electron chi connectivity index (χ3n) is 3.00. The lowest BCUT2D eigenvalue weighted by Crippen LogP contribution is -2.30. The van der Waals surface area contributed by atoms with Crippen LogP contribution in [0.5, 0.6) is 0 Å². The van der Waals surface area contributed by atoms with E-state index in [0.717, 1.165) is 24.3 Å². The summed E-state index contributed by atoms with van der Waals surface area (Å²) >= 11 is 7.27. The molecule has 1 aliphatic rings. The SMILES string of the molecule is CSN.N=Cc1c(N)cc(Cl)cc1N1CCCCC1. The molecule has 0 aromatic heterocycles. The second kappa shape index (κ2) is 8.30. The van der Waals surface area contributed by atoms with Gasteiger partial charge in [0, 0.05) is 41.3 Å². The second-order valence-corrected chi connectivity index (χ2v) is 5.26. The van der Waals surface area contributed by atoms with Crippen molar-refractivity contribution in [3.63, 3.8) is 0 Å². The second-order valence-electron chi connectivity index (χ2n) is 4.36. The standard InChI is InChI=1S/C12H16ClN3.CH5NS/c13-9-6-11(15)10(8-14)12(7-9)16-4-2-1-3-5-16;1-3-2/h6-8,14H,1-5,15H2;2H2,1H3. The number of piperidine rings is 1. The van der Waals surface area contributed by atoms with Crippen molar-refractivity contribution in [1.82, 2.24) is 0 Å². The van der Waals surface area contributed by atoms with E-state index in [9.17, 15) is 0 Å². The molecule has 0 atom stereocenters. The van der Waals surface area contributed by atoms with Gasteiger partial charge in [-0.05, 0) is 37.7 Å². The van der Waals surface area contributed by atoms with E-state index in [2.05, 4.69) is 4.90 Å². The zero-order valence-electron chi connectivity index (χ0n) is 11.2. The molecule has 0 aliphatic carbocycles. The highest BCUT2D eigenvalue weighted by atomic mass is 35.5. The third-order valence-corrected chi connectivity index (χ3v) is 3.21. The van der Waals surface area contributed by atoms with Crippen molar-refractivity contribution in [3.05, 3.63) is 22.7 Å². The minimum Gasteiger partial charge on any atom is -0.398 e. The Morgan fingerprint density at radius 1 is 1.32 bits per heavy atom. The van der Waals surface area contributed by atoms with Crippen LogP contribution in [0.3, 0.4) is 0 Å². The summed E-state index contributed by atoms with van der Waals surface area (Å²) in [7, 11) is 0. The Morgan fingerprint density at radius 2 is 1.89 bits per heavy atom. The number of nitrogen functional groups attached to an aromatic ring is 1. The highest BCUT2D eigenvalue weighted by Gasteiger charge is 2.15. The van der Waals surface area contributed by atoms with Crippen LogP contribution in [0.25, 0.3) is 0 Å². The van der Waals surface area contributed by atoms with Gasteiger partial charge in [0.25, 0.3) is 0 Å². The molecule has 0 spiro atoms. The minimum absolute atomic E-state index is 0.586. The van der Waals surface area contributed by atoms with E-state index in [1.807, 2.05) is 12.3 Å². The third kappa shape index (κ3) is 4.60. The maximum absolute atomic E-state index is 7.44. The average molecular weight is 301 g/mol. The van der Waals surface area contributed by atoms with Crippen LogP contribution in [0, 0.1) is 5.41 Å². The Kier molecular flexibility index (Phi) is 7.05. The summed E-state index contributed by atoms with van der Waals surface area (Å²) < 4.78 is 0.